The molecule has 3 aromatic rings. The van der Waals surface area contributed by atoms with Gasteiger partial charge < -0.3 is 20.0 Å². The lowest BCUT2D eigenvalue weighted by Crippen LogP contribution is -2.50. The number of phenols is 2. The highest BCUT2D eigenvalue weighted by atomic mass is 16.3. The molecule has 1 saturated heterocycles. The van der Waals surface area contributed by atoms with Gasteiger partial charge in [-0.05, 0) is 48.4 Å². The number of piperazine rings is 1. The van der Waals surface area contributed by atoms with E-state index in [2.05, 4.69) is 0 Å². The number of carbonyl (C=O) groups excluding carboxylic acids is 4. The SMILES string of the molecule is Cc1cc(CN2C(=O)c3ccccc3C2=O)cc(C(=O)N2CCN(C(=O)c3ccccc3O)CC2)c1O. The molecule has 5 rings (SSSR count). The maximum absolute atomic E-state index is 13.3. The molecular formula is C28H25N3O6. The van der Waals surface area contributed by atoms with Crippen LogP contribution in [-0.4, -0.2) is 74.7 Å². The van der Waals surface area contributed by atoms with E-state index >= 15 is 0 Å². The number of carbonyl (C=O) groups is 4. The molecule has 0 atom stereocenters. The fraction of sp³-hybridized carbons (Fsp3) is 0.214. The van der Waals surface area contributed by atoms with E-state index < -0.39 is 17.7 Å². The minimum Gasteiger partial charge on any atom is -0.507 e. The van der Waals surface area contributed by atoms with Crippen LogP contribution >= 0.6 is 0 Å². The zero-order valence-corrected chi connectivity index (χ0v) is 20.2. The molecule has 0 radical (unpaired) electrons. The van der Waals surface area contributed by atoms with Crippen molar-refractivity contribution in [2.24, 2.45) is 0 Å². The molecule has 37 heavy (non-hydrogen) atoms. The average Bonchev–Trinajstić information content (AvgIpc) is 3.15. The Bertz CT molecular complexity index is 1410. The van der Waals surface area contributed by atoms with Gasteiger partial charge in [-0.15, -0.1) is 0 Å². The molecule has 0 aromatic heterocycles. The van der Waals surface area contributed by atoms with E-state index in [9.17, 15) is 29.4 Å². The molecule has 1 fully saturated rings. The second-order valence-corrected chi connectivity index (χ2v) is 9.15. The number of nitrogens with zero attached hydrogens (tertiary/aromatic N) is 3. The van der Waals surface area contributed by atoms with Crippen LogP contribution in [0, 0.1) is 6.92 Å². The van der Waals surface area contributed by atoms with Gasteiger partial charge >= 0.3 is 0 Å². The lowest BCUT2D eigenvalue weighted by Gasteiger charge is -2.35. The predicted octanol–water partition coefficient (Wildman–Crippen LogP) is 2.80. The van der Waals surface area contributed by atoms with Gasteiger partial charge in [-0.1, -0.05) is 30.3 Å². The number of aryl methyl sites for hydroxylation is 1. The molecule has 2 aliphatic rings. The highest BCUT2D eigenvalue weighted by molar-refractivity contribution is 6.21. The largest absolute Gasteiger partial charge is 0.507 e. The van der Waals surface area contributed by atoms with Crippen molar-refractivity contribution in [2.75, 3.05) is 26.2 Å². The summed E-state index contributed by atoms with van der Waals surface area (Å²) in [4.78, 5) is 55.9. The van der Waals surface area contributed by atoms with Gasteiger partial charge in [0.1, 0.15) is 11.5 Å². The first-order valence-electron chi connectivity index (χ1n) is 11.9. The number of rotatable bonds is 4. The van der Waals surface area contributed by atoms with Crippen LogP contribution in [-0.2, 0) is 6.54 Å². The first-order valence-corrected chi connectivity index (χ1v) is 11.9. The van der Waals surface area contributed by atoms with Crippen molar-refractivity contribution in [2.45, 2.75) is 13.5 Å². The Morgan fingerprint density at radius 1 is 0.757 bits per heavy atom. The Balaban J connectivity index is 1.31. The van der Waals surface area contributed by atoms with E-state index in [1.807, 2.05) is 0 Å². The van der Waals surface area contributed by atoms with Crippen LogP contribution in [0.4, 0.5) is 0 Å². The number of phenolic OH excluding ortho intramolecular Hbond substituents is 2. The first kappa shape index (κ1) is 24.1. The van der Waals surface area contributed by atoms with Gasteiger partial charge in [-0.2, -0.15) is 0 Å². The van der Waals surface area contributed by atoms with E-state index in [1.165, 1.54) is 12.1 Å². The Labute approximate surface area is 213 Å². The van der Waals surface area contributed by atoms with Crippen molar-refractivity contribution in [1.82, 2.24) is 14.7 Å². The molecular weight excluding hydrogens is 474 g/mol. The summed E-state index contributed by atoms with van der Waals surface area (Å²) < 4.78 is 0. The molecule has 0 spiro atoms. The van der Waals surface area contributed by atoms with Gasteiger partial charge in [0.25, 0.3) is 23.6 Å². The third-order valence-electron chi connectivity index (χ3n) is 6.80. The van der Waals surface area contributed by atoms with Crippen molar-refractivity contribution in [3.05, 3.63) is 94.0 Å². The van der Waals surface area contributed by atoms with Crippen LogP contribution in [0.15, 0.2) is 60.7 Å². The molecule has 4 amide bonds. The van der Waals surface area contributed by atoms with Crippen molar-refractivity contribution < 1.29 is 29.4 Å². The summed E-state index contributed by atoms with van der Waals surface area (Å²) >= 11 is 0. The molecule has 0 saturated carbocycles. The van der Waals surface area contributed by atoms with Crippen LogP contribution in [0.25, 0.3) is 0 Å². The number of aromatic hydroxyl groups is 2. The van der Waals surface area contributed by atoms with Gasteiger partial charge in [-0.3, -0.25) is 24.1 Å². The minimum atomic E-state index is -0.403. The van der Waals surface area contributed by atoms with Crippen LogP contribution in [0.3, 0.4) is 0 Å². The summed E-state index contributed by atoms with van der Waals surface area (Å²) in [7, 11) is 0. The molecule has 0 bridgehead atoms. The zero-order valence-electron chi connectivity index (χ0n) is 20.2. The zero-order chi connectivity index (χ0) is 26.3. The molecule has 2 heterocycles. The summed E-state index contributed by atoms with van der Waals surface area (Å²) in [5, 5.41) is 20.6. The Morgan fingerprint density at radius 2 is 1.27 bits per heavy atom. The fourth-order valence-electron chi connectivity index (χ4n) is 4.78. The third kappa shape index (κ3) is 4.29. The van der Waals surface area contributed by atoms with Crippen molar-refractivity contribution in [3.63, 3.8) is 0 Å². The minimum absolute atomic E-state index is 0.0312. The lowest BCUT2D eigenvalue weighted by atomic mass is 10.0. The number of amides is 4. The number of para-hydroxylation sites is 1. The van der Waals surface area contributed by atoms with Crippen LogP contribution in [0.1, 0.15) is 52.6 Å². The number of hydrogen-bond donors (Lipinski definition) is 2. The van der Waals surface area contributed by atoms with E-state index in [0.29, 0.717) is 22.3 Å². The van der Waals surface area contributed by atoms with E-state index in [1.54, 1.807) is 65.3 Å². The predicted molar refractivity (Wildman–Crippen MR) is 133 cm³/mol. The smallest absolute Gasteiger partial charge is 0.261 e. The highest BCUT2D eigenvalue weighted by Crippen LogP contribution is 2.29. The summed E-state index contributed by atoms with van der Waals surface area (Å²) in [6, 6.07) is 16.1. The van der Waals surface area contributed by atoms with E-state index in [-0.39, 0.29) is 61.3 Å². The maximum atomic E-state index is 13.3. The number of fused-ring (bicyclic) bond motifs is 1. The van der Waals surface area contributed by atoms with Crippen LogP contribution in [0.2, 0.25) is 0 Å². The maximum Gasteiger partial charge on any atom is 0.261 e. The second-order valence-electron chi connectivity index (χ2n) is 9.15. The summed E-state index contributed by atoms with van der Waals surface area (Å²) in [6.07, 6.45) is 0. The summed E-state index contributed by atoms with van der Waals surface area (Å²) in [6.45, 7) is 2.66. The van der Waals surface area contributed by atoms with Crippen molar-refractivity contribution in [1.29, 1.82) is 0 Å². The molecule has 3 aromatic carbocycles. The Hall–Kier alpha value is -4.66. The third-order valence-corrected chi connectivity index (χ3v) is 6.80. The lowest BCUT2D eigenvalue weighted by molar-refractivity contribution is 0.0531. The Kier molecular flexibility index (Phi) is 6.12. The second kappa shape index (κ2) is 9.42. The number of benzene rings is 3. The average molecular weight is 500 g/mol. The first-order chi connectivity index (χ1) is 17.8. The molecule has 0 aliphatic carbocycles. The fourth-order valence-corrected chi connectivity index (χ4v) is 4.78. The summed E-state index contributed by atoms with van der Waals surface area (Å²) in [5.41, 5.74) is 1.96. The number of imide groups is 1. The van der Waals surface area contributed by atoms with Crippen LogP contribution in [0.5, 0.6) is 11.5 Å². The van der Waals surface area contributed by atoms with Gasteiger partial charge in [0.05, 0.1) is 28.8 Å². The topological polar surface area (TPSA) is 118 Å². The summed E-state index contributed by atoms with van der Waals surface area (Å²) in [5.74, 6) is -1.77. The molecule has 0 unspecified atom stereocenters. The van der Waals surface area contributed by atoms with Crippen molar-refractivity contribution >= 4 is 23.6 Å². The standard InChI is InChI=1S/C28H25N3O6/c1-17-14-18(16-31-27(36)19-6-2-3-7-20(19)28(31)37)15-22(24(17)33)26(35)30-12-10-29(11-13-30)25(34)21-8-4-5-9-23(21)32/h2-9,14-15,32-33H,10-13,16H2,1H3. The van der Waals surface area contributed by atoms with Gasteiger partial charge in [0.15, 0.2) is 0 Å². The molecule has 9 heteroatoms. The quantitative estimate of drug-likeness (QED) is 0.533. The normalized spacial score (nSPS) is 15.2. The molecule has 2 N–H and O–H groups in total. The van der Waals surface area contributed by atoms with Gasteiger partial charge in [-0.25, -0.2) is 0 Å². The molecule has 9 nitrogen and oxygen atoms in total. The Morgan fingerprint density at radius 3 is 1.84 bits per heavy atom. The van der Waals surface area contributed by atoms with Gasteiger partial charge in [0.2, 0.25) is 0 Å². The van der Waals surface area contributed by atoms with E-state index in [0.717, 1.165) is 4.90 Å². The monoisotopic (exact) mass is 499 g/mol. The molecule has 188 valence electrons. The van der Waals surface area contributed by atoms with Gasteiger partial charge in [0, 0.05) is 26.2 Å². The molecule has 2 aliphatic heterocycles. The van der Waals surface area contributed by atoms with E-state index in [4.69, 9.17) is 0 Å². The number of hydrogen-bond acceptors (Lipinski definition) is 6. The van der Waals surface area contributed by atoms with Crippen molar-refractivity contribution in [3.8, 4) is 11.5 Å². The van der Waals surface area contributed by atoms with Crippen LogP contribution < -0.4 is 0 Å². The highest BCUT2D eigenvalue weighted by Gasteiger charge is 2.35.